The van der Waals surface area contributed by atoms with Crippen LogP contribution in [-0.4, -0.2) is 32.2 Å². The predicted octanol–water partition coefficient (Wildman–Crippen LogP) is 3.27. The Labute approximate surface area is 143 Å². The van der Waals surface area contributed by atoms with Crippen LogP contribution in [0.5, 0.6) is 0 Å². The standard InChI is InChI=1S/C20H24N2O2/c1-2-16-3-5-17(6-4-16)15-20(23)21-18-7-9-19(10-8-18)22-11-13-24-14-12-22/h3-10H,2,11-15H2,1H3,(H,21,23). The van der Waals surface area contributed by atoms with Gasteiger partial charge in [-0.1, -0.05) is 31.2 Å². The van der Waals surface area contributed by atoms with Gasteiger partial charge in [-0.15, -0.1) is 0 Å². The summed E-state index contributed by atoms with van der Waals surface area (Å²) < 4.78 is 5.37. The third kappa shape index (κ3) is 4.36. The second kappa shape index (κ2) is 7.97. The summed E-state index contributed by atoms with van der Waals surface area (Å²) in [6.07, 6.45) is 1.41. The average Bonchev–Trinajstić information content (AvgIpc) is 2.64. The molecule has 1 fully saturated rings. The highest BCUT2D eigenvalue weighted by atomic mass is 16.5. The summed E-state index contributed by atoms with van der Waals surface area (Å²) in [6, 6.07) is 16.2. The highest BCUT2D eigenvalue weighted by molar-refractivity contribution is 5.92. The fourth-order valence-electron chi connectivity index (χ4n) is 2.86. The van der Waals surface area contributed by atoms with Crippen LogP contribution < -0.4 is 10.2 Å². The van der Waals surface area contributed by atoms with E-state index in [1.165, 1.54) is 11.3 Å². The number of benzene rings is 2. The second-order valence-corrected chi connectivity index (χ2v) is 6.04. The maximum atomic E-state index is 12.2. The van der Waals surface area contributed by atoms with E-state index < -0.39 is 0 Å². The lowest BCUT2D eigenvalue weighted by Gasteiger charge is -2.28. The molecule has 1 aliphatic heterocycles. The largest absolute Gasteiger partial charge is 0.378 e. The van der Waals surface area contributed by atoms with Crippen molar-refractivity contribution in [3.8, 4) is 0 Å². The fourth-order valence-corrected chi connectivity index (χ4v) is 2.86. The lowest BCUT2D eigenvalue weighted by Crippen LogP contribution is -2.36. The Morgan fingerprint density at radius 1 is 1.00 bits per heavy atom. The summed E-state index contributed by atoms with van der Waals surface area (Å²) in [7, 11) is 0. The molecule has 3 rings (SSSR count). The predicted molar refractivity (Wildman–Crippen MR) is 97.6 cm³/mol. The number of nitrogens with one attached hydrogen (secondary N) is 1. The molecule has 2 aromatic rings. The number of hydrogen-bond donors (Lipinski definition) is 1. The minimum absolute atomic E-state index is 0.0124. The molecule has 1 N–H and O–H groups in total. The number of anilines is 2. The minimum Gasteiger partial charge on any atom is -0.378 e. The van der Waals surface area contributed by atoms with E-state index >= 15 is 0 Å². The van der Waals surface area contributed by atoms with Gasteiger partial charge in [0, 0.05) is 24.5 Å². The average molecular weight is 324 g/mol. The van der Waals surface area contributed by atoms with Crippen molar-refractivity contribution in [1.82, 2.24) is 0 Å². The summed E-state index contributed by atoms with van der Waals surface area (Å²) in [4.78, 5) is 14.5. The molecular formula is C20H24N2O2. The summed E-state index contributed by atoms with van der Waals surface area (Å²) in [5.74, 6) is 0.0124. The Morgan fingerprint density at radius 2 is 1.62 bits per heavy atom. The van der Waals surface area contributed by atoms with E-state index in [9.17, 15) is 4.79 Å². The Bertz CT molecular complexity index is 659. The highest BCUT2D eigenvalue weighted by Crippen LogP contribution is 2.19. The Morgan fingerprint density at radius 3 is 2.25 bits per heavy atom. The molecule has 1 aliphatic rings. The first kappa shape index (κ1) is 16.5. The molecule has 2 aromatic carbocycles. The molecule has 0 atom stereocenters. The zero-order valence-corrected chi connectivity index (χ0v) is 14.1. The number of amides is 1. The number of hydrogen-bond acceptors (Lipinski definition) is 3. The fraction of sp³-hybridized carbons (Fsp3) is 0.350. The van der Waals surface area contributed by atoms with Gasteiger partial charge < -0.3 is 15.0 Å². The van der Waals surface area contributed by atoms with E-state index in [0.29, 0.717) is 6.42 Å². The Kier molecular flexibility index (Phi) is 5.49. The molecule has 1 heterocycles. The summed E-state index contributed by atoms with van der Waals surface area (Å²) in [5, 5.41) is 2.97. The van der Waals surface area contributed by atoms with Crippen LogP contribution in [0.3, 0.4) is 0 Å². The van der Waals surface area contributed by atoms with Crippen LogP contribution in [0.15, 0.2) is 48.5 Å². The van der Waals surface area contributed by atoms with Crippen LogP contribution in [0.25, 0.3) is 0 Å². The van der Waals surface area contributed by atoms with Gasteiger partial charge in [0.1, 0.15) is 0 Å². The van der Waals surface area contributed by atoms with E-state index in [0.717, 1.165) is 44.0 Å². The van der Waals surface area contributed by atoms with Crippen molar-refractivity contribution in [2.24, 2.45) is 0 Å². The number of ether oxygens (including phenoxy) is 1. The van der Waals surface area contributed by atoms with Crippen LogP contribution in [0.4, 0.5) is 11.4 Å². The smallest absolute Gasteiger partial charge is 0.228 e. The first-order valence-corrected chi connectivity index (χ1v) is 8.55. The molecule has 0 unspecified atom stereocenters. The zero-order chi connectivity index (χ0) is 16.8. The van der Waals surface area contributed by atoms with Gasteiger partial charge in [0.05, 0.1) is 19.6 Å². The lowest BCUT2D eigenvalue weighted by atomic mass is 10.1. The Hall–Kier alpha value is -2.33. The molecule has 0 spiro atoms. The quantitative estimate of drug-likeness (QED) is 0.918. The molecule has 1 amide bonds. The molecule has 0 aliphatic carbocycles. The van der Waals surface area contributed by atoms with Crippen molar-refractivity contribution in [2.45, 2.75) is 19.8 Å². The second-order valence-electron chi connectivity index (χ2n) is 6.04. The Balaban J connectivity index is 1.55. The molecule has 24 heavy (non-hydrogen) atoms. The maximum absolute atomic E-state index is 12.2. The van der Waals surface area contributed by atoms with Gasteiger partial charge in [-0.25, -0.2) is 0 Å². The third-order valence-corrected chi connectivity index (χ3v) is 4.32. The van der Waals surface area contributed by atoms with Crippen molar-refractivity contribution >= 4 is 17.3 Å². The molecule has 1 saturated heterocycles. The minimum atomic E-state index is 0.0124. The molecule has 0 bridgehead atoms. The van der Waals surface area contributed by atoms with E-state index in [-0.39, 0.29) is 5.91 Å². The van der Waals surface area contributed by atoms with E-state index in [2.05, 4.69) is 41.4 Å². The molecule has 0 saturated carbocycles. The van der Waals surface area contributed by atoms with Gasteiger partial charge in [0.25, 0.3) is 0 Å². The van der Waals surface area contributed by atoms with Crippen LogP contribution in [-0.2, 0) is 22.4 Å². The van der Waals surface area contributed by atoms with Crippen molar-refractivity contribution in [3.63, 3.8) is 0 Å². The molecule has 4 heteroatoms. The van der Waals surface area contributed by atoms with Gasteiger partial charge in [-0.3, -0.25) is 4.79 Å². The van der Waals surface area contributed by atoms with Gasteiger partial charge in [-0.05, 0) is 41.8 Å². The number of aryl methyl sites for hydroxylation is 1. The van der Waals surface area contributed by atoms with Crippen molar-refractivity contribution in [1.29, 1.82) is 0 Å². The first-order chi connectivity index (χ1) is 11.7. The summed E-state index contributed by atoms with van der Waals surface area (Å²) in [6.45, 7) is 5.51. The number of carbonyl (C=O) groups excluding carboxylic acids is 1. The first-order valence-electron chi connectivity index (χ1n) is 8.55. The number of morpholine rings is 1. The third-order valence-electron chi connectivity index (χ3n) is 4.32. The van der Waals surface area contributed by atoms with Crippen LogP contribution in [0, 0.1) is 0 Å². The van der Waals surface area contributed by atoms with Crippen LogP contribution in [0.1, 0.15) is 18.1 Å². The van der Waals surface area contributed by atoms with Crippen molar-refractivity contribution in [2.75, 3.05) is 36.5 Å². The molecular weight excluding hydrogens is 300 g/mol. The summed E-state index contributed by atoms with van der Waals surface area (Å²) in [5.41, 5.74) is 4.33. The van der Waals surface area contributed by atoms with Crippen molar-refractivity contribution < 1.29 is 9.53 Å². The number of nitrogens with zero attached hydrogens (tertiary/aromatic N) is 1. The molecule has 0 radical (unpaired) electrons. The van der Waals surface area contributed by atoms with Crippen LogP contribution in [0.2, 0.25) is 0 Å². The molecule has 126 valence electrons. The number of carbonyl (C=O) groups is 1. The highest BCUT2D eigenvalue weighted by Gasteiger charge is 2.11. The van der Waals surface area contributed by atoms with E-state index in [1.807, 2.05) is 24.3 Å². The molecule has 0 aromatic heterocycles. The van der Waals surface area contributed by atoms with Crippen molar-refractivity contribution in [3.05, 3.63) is 59.7 Å². The van der Waals surface area contributed by atoms with Gasteiger partial charge >= 0.3 is 0 Å². The number of rotatable bonds is 5. The van der Waals surface area contributed by atoms with Gasteiger partial charge in [-0.2, -0.15) is 0 Å². The SMILES string of the molecule is CCc1ccc(CC(=O)Nc2ccc(N3CCOCC3)cc2)cc1. The van der Waals surface area contributed by atoms with E-state index in [1.54, 1.807) is 0 Å². The zero-order valence-electron chi connectivity index (χ0n) is 14.1. The lowest BCUT2D eigenvalue weighted by molar-refractivity contribution is -0.115. The normalized spacial score (nSPS) is 14.5. The van der Waals surface area contributed by atoms with Crippen LogP contribution >= 0.6 is 0 Å². The monoisotopic (exact) mass is 324 g/mol. The summed E-state index contributed by atoms with van der Waals surface area (Å²) >= 11 is 0. The maximum Gasteiger partial charge on any atom is 0.228 e. The topological polar surface area (TPSA) is 41.6 Å². The van der Waals surface area contributed by atoms with Gasteiger partial charge in [0.15, 0.2) is 0 Å². The van der Waals surface area contributed by atoms with E-state index in [4.69, 9.17) is 4.74 Å². The molecule has 4 nitrogen and oxygen atoms in total. The van der Waals surface area contributed by atoms with Gasteiger partial charge in [0.2, 0.25) is 5.91 Å².